The van der Waals surface area contributed by atoms with Crippen molar-refractivity contribution in [3.8, 4) is 0 Å². The van der Waals surface area contributed by atoms with Gasteiger partial charge in [-0.1, -0.05) is 0 Å². The van der Waals surface area contributed by atoms with E-state index in [0.29, 0.717) is 0 Å². The zero-order valence-electron chi connectivity index (χ0n) is 7.84. The Bertz CT molecular complexity index is 216. The van der Waals surface area contributed by atoms with Crippen molar-refractivity contribution in [1.29, 1.82) is 0 Å². The van der Waals surface area contributed by atoms with Gasteiger partial charge >= 0.3 is 12.1 Å². The van der Waals surface area contributed by atoms with Crippen LogP contribution < -0.4 is 5.32 Å². The number of hydrogen-bond donors (Lipinski definition) is 1. The first-order valence-corrected chi connectivity index (χ1v) is 3.94. The third-order valence-corrected chi connectivity index (χ3v) is 1.86. The molecule has 0 aromatic carbocycles. The third kappa shape index (κ3) is 3.84. The predicted octanol–water partition coefficient (Wildman–Crippen LogP) is 0.500. The fourth-order valence-corrected chi connectivity index (χ4v) is 1.08. The van der Waals surface area contributed by atoms with E-state index in [-0.39, 0.29) is 19.0 Å². The predicted molar refractivity (Wildman–Crippen MR) is 46.8 cm³/mol. The molecular formula is C7H11ClF3NO3. The van der Waals surface area contributed by atoms with Crippen LogP contribution in [0.2, 0.25) is 0 Å². The Labute approximate surface area is 90.5 Å². The van der Waals surface area contributed by atoms with E-state index in [1.807, 2.05) is 0 Å². The molecule has 0 unspecified atom stereocenters. The van der Waals surface area contributed by atoms with Gasteiger partial charge < -0.3 is 9.47 Å². The van der Waals surface area contributed by atoms with Gasteiger partial charge in [-0.2, -0.15) is 13.2 Å². The minimum absolute atomic E-state index is 0. The molecule has 0 saturated carbocycles. The van der Waals surface area contributed by atoms with Gasteiger partial charge in [0.2, 0.25) is 0 Å². The number of rotatable bonds is 1. The minimum atomic E-state index is -4.39. The van der Waals surface area contributed by atoms with E-state index < -0.39 is 30.8 Å². The van der Waals surface area contributed by atoms with Gasteiger partial charge in [0.15, 0.2) is 6.10 Å². The SMILES string of the molecule is COC(=O)[C@@H]1CO[C@H](C(F)(F)F)CN1.Cl. The van der Waals surface area contributed by atoms with E-state index in [1.165, 1.54) is 7.11 Å². The largest absolute Gasteiger partial charge is 0.468 e. The second-order valence-electron chi connectivity index (χ2n) is 2.85. The van der Waals surface area contributed by atoms with E-state index in [4.69, 9.17) is 0 Å². The monoisotopic (exact) mass is 249 g/mol. The zero-order chi connectivity index (χ0) is 10.8. The number of halogens is 4. The number of carbonyl (C=O) groups excluding carboxylic acids is 1. The average Bonchev–Trinajstić information content (AvgIpc) is 2.15. The highest BCUT2D eigenvalue weighted by Crippen LogP contribution is 2.24. The molecule has 90 valence electrons. The summed E-state index contributed by atoms with van der Waals surface area (Å²) in [5, 5.41) is 2.41. The summed E-state index contributed by atoms with van der Waals surface area (Å²) in [6.07, 6.45) is -6.24. The van der Waals surface area contributed by atoms with Crippen molar-refractivity contribution in [3.05, 3.63) is 0 Å². The molecule has 2 atom stereocenters. The lowest BCUT2D eigenvalue weighted by atomic mass is 10.2. The number of morpholine rings is 1. The summed E-state index contributed by atoms with van der Waals surface area (Å²) in [7, 11) is 1.17. The van der Waals surface area contributed by atoms with Crippen LogP contribution in [0.3, 0.4) is 0 Å². The number of methoxy groups -OCH3 is 1. The molecule has 1 fully saturated rings. The van der Waals surface area contributed by atoms with Gasteiger partial charge in [-0.3, -0.25) is 10.1 Å². The molecule has 0 amide bonds. The fourth-order valence-electron chi connectivity index (χ4n) is 1.08. The van der Waals surface area contributed by atoms with Crippen LogP contribution in [0.4, 0.5) is 13.2 Å². The van der Waals surface area contributed by atoms with Crippen LogP contribution in [-0.4, -0.2) is 44.6 Å². The molecule has 15 heavy (non-hydrogen) atoms. The van der Waals surface area contributed by atoms with E-state index in [2.05, 4.69) is 14.8 Å². The van der Waals surface area contributed by atoms with Gasteiger partial charge in [0.05, 0.1) is 13.7 Å². The molecule has 0 aliphatic carbocycles. The Hall–Kier alpha value is -0.530. The van der Waals surface area contributed by atoms with Crippen molar-refractivity contribution >= 4 is 18.4 Å². The van der Waals surface area contributed by atoms with Gasteiger partial charge in [-0.15, -0.1) is 12.4 Å². The van der Waals surface area contributed by atoms with Crippen molar-refractivity contribution < 1.29 is 27.4 Å². The molecule has 1 aliphatic rings. The number of alkyl halides is 3. The maximum Gasteiger partial charge on any atom is 0.415 e. The second kappa shape index (κ2) is 5.53. The van der Waals surface area contributed by atoms with Crippen LogP contribution in [0.15, 0.2) is 0 Å². The Balaban J connectivity index is 0.00000196. The summed E-state index contributed by atoms with van der Waals surface area (Å²) in [6.45, 7) is -0.750. The maximum absolute atomic E-state index is 12.1. The third-order valence-electron chi connectivity index (χ3n) is 1.86. The minimum Gasteiger partial charge on any atom is -0.468 e. The molecular weight excluding hydrogens is 239 g/mol. The molecule has 0 aromatic heterocycles. The van der Waals surface area contributed by atoms with E-state index in [0.717, 1.165) is 0 Å². The quantitative estimate of drug-likeness (QED) is 0.688. The highest BCUT2D eigenvalue weighted by Gasteiger charge is 2.44. The molecule has 0 radical (unpaired) electrons. The van der Waals surface area contributed by atoms with Gasteiger partial charge in [0, 0.05) is 6.54 Å². The van der Waals surface area contributed by atoms with E-state index >= 15 is 0 Å². The molecule has 1 aliphatic heterocycles. The number of hydrogen-bond acceptors (Lipinski definition) is 4. The van der Waals surface area contributed by atoms with Crippen LogP contribution in [0.1, 0.15) is 0 Å². The lowest BCUT2D eigenvalue weighted by Gasteiger charge is -2.29. The molecule has 1 N–H and O–H groups in total. The van der Waals surface area contributed by atoms with Crippen LogP contribution in [-0.2, 0) is 14.3 Å². The molecule has 1 saturated heterocycles. The van der Waals surface area contributed by atoms with Gasteiger partial charge in [0.1, 0.15) is 6.04 Å². The van der Waals surface area contributed by atoms with Crippen molar-refractivity contribution in [2.75, 3.05) is 20.3 Å². The maximum atomic E-state index is 12.1. The molecule has 0 bridgehead atoms. The van der Waals surface area contributed by atoms with Gasteiger partial charge in [0.25, 0.3) is 0 Å². The summed E-state index contributed by atoms with van der Waals surface area (Å²) < 4.78 is 45.0. The molecule has 1 heterocycles. The fraction of sp³-hybridized carbons (Fsp3) is 0.857. The molecule has 4 nitrogen and oxygen atoms in total. The van der Waals surface area contributed by atoms with Crippen LogP contribution in [0.5, 0.6) is 0 Å². The first-order valence-electron chi connectivity index (χ1n) is 3.94. The highest BCUT2D eigenvalue weighted by atomic mass is 35.5. The topological polar surface area (TPSA) is 47.6 Å². The van der Waals surface area contributed by atoms with Crippen LogP contribution in [0, 0.1) is 0 Å². The zero-order valence-corrected chi connectivity index (χ0v) is 8.65. The first-order chi connectivity index (χ1) is 6.45. The summed E-state index contributed by atoms with van der Waals surface area (Å²) in [4.78, 5) is 10.9. The van der Waals surface area contributed by atoms with E-state index in [1.54, 1.807) is 0 Å². The number of ether oxygens (including phenoxy) is 2. The molecule has 1 rings (SSSR count). The number of carbonyl (C=O) groups is 1. The summed E-state index contributed by atoms with van der Waals surface area (Å²) in [5.41, 5.74) is 0. The molecule has 0 aromatic rings. The standard InChI is InChI=1S/C7H10F3NO3.ClH/c1-13-6(12)4-3-14-5(2-11-4)7(8,9)10;/h4-5,11H,2-3H2,1H3;1H/t4-,5-;/m0./s1. The Kier molecular flexibility index (Phi) is 5.33. The van der Waals surface area contributed by atoms with Crippen LogP contribution >= 0.6 is 12.4 Å². The Morgan fingerprint density at radius 2 is 2.13 bits per heavy atom. The smallest absolute Gasteiger partial charge is 0.415 e. The van der Waals surface area contributed by atoms with Crippen molar-refractivity contribution in [3.63, 3.8) is 0 Å². The van der Waals surface area contributed by atoms with Crippen molar-refractivity contribution in [2.24, 2.45) is 0 Å². The molecule has 0 spiro atoms. The summed E-state index contributed by atoms with van der Waals surface area (Å²) in [5.74, 6) is -0.620. The van der Waals surface area contributed by atoms with Crippen molar-refractivity contribution in [1.82, 2.24) is 5.32 Å². The van der Waals surface area contributed by atoms with Crippen molar-refractivity contribution in [2.45, 2.75) is 18.3 Å². The lowest BCUT2D eigenvalue weighted by molar-refractivity contribution is -0.230. The normalized spacial score (nSPS) is 26.7. The van der Waals surface area contributed by atoms with Gasteiger partial charge in [-0.25, -0.2) is 0 Å². The first kappa shape index (κ1) is 14.5. The van der Waals surface area contributed by atoms with Gasteiger partial charge in [-0.05, 0) is 0 Å². The Morgan fingerprint density at radius 3 is 2.47 bits per heavy atom. The second-order valence-corrected chi connectivity index (χ2v) is 2.85. The number of esters is 1. The van der Waals surface area contributed by atoms with Crippen LogP contribution in [0.25, 0.3) is 0 Å². The summed E-state index contributed by atoms with van der Waals surface area (Å²) in [6, 6.07) is -0.807. The average molecular weight is 250 g/mol. The van der Waals surface area contributed by atoms with E-state index in [9.17, 15) is 18.0 Å². The molecule has 8 heteroatoms. The lowest BCUT2D eigenvalue weighted by Crippen LogP contribution is -2.54. The number of nitrogens with one attached hydrogen (secondary N) is 1. The highest BCUT2D eigenvalue weighted by molar-refractivity contribution is 5.85. The summed E-state index contributed by atoms with van der Waals surface area (Å²) >= 11 is 0. The Morgan fingerprint density at radius 1 is 1.53 bits per heavy atom.